The fraction of sp³-hybridized carbons (Fsp3) is 0.429. The molecule has 0 radical (unpaired) electrons. The summed E-state index contributed by atoms with van der Waals surface area (Å²) in [4.78, 5) is 14.4. The van der Waals surface area contributed by atoms with Gasteiger partial charge in [-0.25, -0.2) is 0 Å². The van der Waals surface area contributed by atoms with Gasteiger partial charge in [-0.1, -0.05) is 6.92 Å². The number of fused-ring (bicyclic) bond motifs is 1. The first kappa shape index (κ1) is 13.4. The van der Waals surface area contributed by atoms with Gasteiger partial charge in [0.25, 0.3) is 5.91 Å². The van der Waals surface area contributed by atoms with Crippen molar-refractivity contribution >= 4 is 22.5 Å². The van der Waals surface area contributed by atoms with Gasteiger partial charge in [-0.15, -0.1) is 0 Å². The number of H-pyrrole nitrogens is 1. The number of carbonyl (C=O) groups excluding carboxylic acids is 1. The standard InChI is InChI=1S/C14H20N4O/c1-4-7-18(9(2)3)14(19)13-11-8-10(15)5-6-12(11)16-17-13/h5-6,8-9H,4,7,15H2,1-3H3,(H,16,17). The number of benzene rings is 1. The Bertz CT molecular complexity index is 588. The number of anilines is 1. The van der Waals surface area contributed by atoms with Crippen LogP contribution in [0.2, 0.25) is 0 Å². The molecule has 0 unspecified atom stereocenters. The van der Waals surface area contributed by atoms with Crippen molar-refractivity contribution in [3.8, 4) is 0 Å². The second-order valence-corrected chi connectivity index (χ2v) is 4.97. The quantitative estimate of drug-likeness (QED) is 0.829. The highest BCUT2D eigenvalue weighted by Gasteiger charge is 2.22. The molecular weight excluding hydrogens is 240 g/mol. The smallest absolute Gasteiger partial charge is 0.275 e. The summed E-state index contributed by atoms with van der Waals surface area (Å²) in [6.07, 6.45) is 0.925. The molecule has 19 heavy (non-hydrogen) atoms. The molecule has 0 aliphatic heterocycles. The Morgan fingerprint density at radius 3 is 2.84 bits per heavy atom. The summed E-state index contributed by atoms with van der Waals surface area (Å²) < 4.78 is 0. The lowest BCUT2D eigenvalue weighted by Gasteiger charge is -2.25. The minimum absolute atomic E-state index is 0.0475. The van der Waals surface area contributed by atoms with Crippen LogP contribution >= 0.6 is 0 Å². The number of rotatable bonds is 4. The largest absolute Gasteiger partial charge is 0.399 e. The zero-order valence-electron chi connectivity index (χ0n) is 11.6. The summed E-state index contributed by atoms with van der Waals surface area (Å²) in [5.74, 6) is -0.0475. The molecule has 0 fully saturated rings. The molecule has 3 N–H and O–H groups in total. The van der Waals surface area contributed by atoms with Gasteiger partial charge in [0.15, 0.2) is 5.69 Å². The van der Waals surface area contributed by atoms with Crippen molar-refractivity contribution in [3.05, 3.63) is 23.9 Å². The number of carbonyl (C=O) groups is 1. The predicted octanol–water partition coefficient (Wildman–Crippen LogP) is 2.41. The Morgan fingerprint density at radius 1 is 1.47 bits per heavy atom. The molecule has 0 aliphatic rings. The summed E-state index contributed by atoms with van der Waals surface area (Å²) in [5, 5.41) is 7.81. The third-order valence-corrected chi connectivity index (χ3v) is 3.14. The summed E-state index contributed by atoms with van der Waals surface area (Å²) in [5.41, 5.74) is 7.69. The Kier molecular flexibility index (Phi) is 3.74. The van der Waals surface area contributed by atoms with Gasteiger partial charge in [-0.05, 0) is 38.5 Å². The maximum Gasteiger partial charge on any atom is 0.275 e. The maximum atomic E-state index is 12.6. The Morgan fingerprint density at radius 2 is 2.21 bits per heavy atom. The second kappa shape index (κ2) is 5.30. The second-order valence-electron chi connectivity index (χ2n) is 4.97. The van der Waals surface area contributed by atoms with Crippen LogP contribution in [-0.2, 0) is 0 Å². The van der Waals surface area contributed by atoms with Crippen LogP contribution in [0.3, 0.4) is 0 Å². The van der Waals surface area contributed by atoms with Crippen LogP contribution in [0, 0.1) is 0 Å². The highest BCUT2D eigenvalue weighted by molar-refractivity contribution is 6.05. The van der Waals surface area contributed by atoms with Gasteiger partial charge in [0.1, 0.15) is 0 Å². The number of aromatic nitrogens is 2. The third-order valence-electron chi connectivity index (χ3n) is 3.14. The van der Waals surface area contributed by atoms with Gasteiger partial charge >= 0.3 is 0 Å². The van der Waals surface area contributed by atoms with Crippen LogP contribution < -0.4 is 5.73 Å². The van der Waals surface area contributed by atoms with Crippen molar-refractivity contribution < 1.29 is 4.79 Å². The molecule has 1 amide bonds. The number of nitrogens with one attached hydrogen (secondary N) is 1. The van der Waals surface area contributed by atoms with Gasteiger partial charge in [0.05, 0.1) is 5.52 Å². The van der Waals surface area contributed by atoms with E-state index in [4.69, 9.17) is 5.73 Å². The predicted molar refractivity (Wildman–Crippen MR) is 77.0 cm³/mol. The van der Waals surface area contributed by atoms with E-state index in [0.29, 0.717) is 11.4 Å². The van der Waals surface area contributed by atoms with Gasteiger partial charge in [-0.3, -0.25) is 9.89 Å². The van der Waals surface area contributed by atoms with Crippen LogP contribution in [0.5, 0.6) is 0 Å². The van der Waals surface area contributed by atoms with E-state index in [1.54, 1.807) is 12.1 Å². The summed E-state index contributed by atoms with van der Waals surface area (Å²) in [6, 6.07) is 5.58. The average molecular weight is 260 g/mol. The van der Waals surface area contributed by atoms with E-state index in [2.05, 4.69) is 17.1 Å². The van der Waals surface area contributed by atoms with Crippen molar-refractivity contribution in [2.45, 2.75) is 33.2 Å². The van der Waals surface area contributed by atoms with Crippen LogP contribution in [0.4, 0.5) is 5.69 Å². The topological polar surface area (TPSA) is 75.0 Å². The fourth-order valence-corrected chi connectivity index (χ4v) is 2.17. The van der Waals surface area contributed by atoms with E-state index >= 15 is 0 Å². The number of nitrogen functional groups attached to an aromatic ring is 1. The van der Waals surface area contributed by atoms with E-state index in [0.717, 1.165) is 23.9 Å². The number of nitrogens with zero attached hydrogens (tertiary/aromatic N) is 2. The van der Waals surface area contributed by atoms with E-state index in [1.807, 2.05) is 24.8 Å². The van der Waals surface area contributed by atoms with Crippen molar-refractivity contribution in [1.82, 2.24) is 15.1 Å². The first-order valence-corrected chi connectivity index (χ1v) is 6.59. The van der Waals surface area contributed by atoms with Gasteiger partial charge < -0.3 is 10.6 Å². The number of hydrogen-bond acceptors (Lipinski definition) is 3. The van der Waals surface area contributed by atoms with E-state index in [9.17, 15) is 4.79 Å². The maximum absolute atomic E-state index is 12.6. The van der Waals surface area contributed by atoms with Crippen LogP contribution in [-0.4, -0.2) is 33.6 Å². The summed E-state index contributed by atoms with van der Waals surface area (Å²) >= 11 is 0. The van der Waals surface area contributed by atoms with Crippen molar-refractivity contribution in [2.75, 3.05) is 12.3 Å². The zero-order valence-corrected chi connectivity index (χ0v) is 11.6. The molecule has 1 aromatic carbocycles. The molecule has 0 bridgehead atoms. The first-order chi connectivity index (χ1) is 9.04. The Labute approximate surface area is 112 Å². The fourth-order valence-electron chi connectivity index (χ4n) is 2.17. The Balaban J connectivity index is 2.42. The highest BCUT2D eigenvalue weighted by atomic mass is 16.2. The van der Waals surface area contributed by atoms with Gasteiger partial charge in [0.2, 0.25) is 0 Å². The SMILES string of the molecule is CCCN(C(=O)c1n[nH]c2ccc(N)cc12)C(C)C. The average Bonchev–Trinajstić information content (AvgIpc) is 2.77. The van der Waals surface area contributed by atoms with Crippen LogP contribution in [0.1, 0.15) is 37.7 Å². The number of aromatic amines is 1. The lowest BCUT2D eigenvalue weighted by Crippen LogP contribution is -2.37. The third kappa shape index (κ3) is 2.54. The van der Waals surface area contributed by atoms with Gasteiger partial charge in [0, 0.05) is 23.7 Å². The van der Waals surface area contributed by atoms with Crippen molar-refractivity contribution in [2.24, 2.45) is 0 Å². The molecule has 102 valence electrons. The Hall–Kier alpha value is -2.04. The minimum atomic E-state index is -0.0475. The van der Waals surface area contributed by atoms with Crippen molar-refractivity contribution in [3.63, 3.8) is 0 Å². The number of amides is 1. The first-order valence-electron chi connectivity index (χ1n) is 6.59. The molecule has 0 saturated heterocycles. The van der Waals surface area contributed by atoms with E-state index < -0.39 is 0 Å². The molecule has 2 aromatic rings. The lowest BCUT2D eigenvalue weighted by molar-refractivity contribution is 0.0702. The summed E-state index contributed by atoms with van der Waals surface area (Å²) in [6.45, 7) is 6.81. The molecule has 1 heterocycles. The van der Waals surface area contributed by atoms with Crippen LogP contribution in [0.25, 0.3) is 10.9 Å². The molecule has 5 heteroatoms. The molecule has 0 saturated carbocycles. The van der Waals surface area contributed by atoms with Gasteiger partial charge in [-0.2, -0.15) is 5.10 Å². The molecule has 5 nitrogen and oxygen atoms in total. The van der Waals surface area contributed by atoms with Crippen LogP contribution in [0.15, 0.2) is 18.2 Å². The number of nitrogens with two attached hydrogens (primary N) is 1. The van der Waals surface area contributed by atoms with Crippen molar-refractivity contribution in [1.29, 1.82) is 0 Å². The monoisotopic (exact) mass is 260 g/mol. The molecule has 0 atom stereocenters. The molecule has 0 aliphatic carbocycles. The minimum Gasteiger partial charge on any atom is -0.399 e. The number of hydrogen-bond donors (Lipinski definition) is 2. The van der Waals surface area contributed by atoms with E-state index in [1.165, 1.54) is 0 Å². The molecular formula is C14H20N4O. The molecule has 2 rings (SSSR count). The molecule has 0 spiro atoms. The van der Waals surface area contributed by atoms with E-state index in [-0.39, 0.29) is 11.9 Å². The zero-order chi connectivity index (χ0) is 14.0. The summed E-state index contributed by atoms with van der Waals surface area (Å²) in [7, 11) is 0. The highest BCUT2D eigenvalue weighted by Crippen LogP contribution is 2.21. The lowest BCUT2D eigenvalue weighted by atomic mass is 10.1. The normalized spacial score (nSPS) is 11.2. The molecule has 1 aromatic heterocycles.